The SMILES string of the molecule is COC[C@H]1C[C@@H](n2cnc3c(N[C@H]4CCN(c5ccc(Br)cn5)C4)ncnc32)[C@@H](O)[C@H]1O. The Hall–Kier alpha value is -2.34. The van der Waals surface area contributed by atoms with Crippen molar-refractivity contribution < 1.29 is 14.9 Å². The molecule has 0 bridgehead atoms. The maximum atomic E-state index is 10.6. The normalized spacial score (nSPS) is 28.0. The Balaban J connectivity index is 1.33. The lowest BCUT2D eigenvalue weighted by molar-refractivity contribution is -0.00886. The fourth-order valence-electron chi connectivity index (χ4n) is 4.79. The zero-order valence-electron chi connectivity index (χ0n) is 17.7. The number of ether oxygens (including phenoxy) is 1. The number of imidazole rings is 1. The Morgan fingerprint density at radius 2 is 2.06 bits per heavy atom. The van der Waals surface area contributed by atoms with E-state index in [-0.39, 0.29) is 18.0 Å². The van der Waals surface area contributed by atoms with Gasteiger partial charge >= 0.3 is 0 Å². The van der Waals surface area contributed by atoms with Gasteiger partial charge in [0, 0.05) is 42.8 Å². The number of rotatable bonds is 6. The first-order valence-corrected chi connectivity index (χ1v) is 11.5. The highest BCUT2D eigenvalue weighted by Gasteiger charge is 2.43. The van der Waals surface area contributed by atoms with Crippen molar-refractivity contribution in [3.63, 3.8) is 0 Å². The molecule has 11 heteroatoms. The molecule has 0 unspecified atom stereocenters. The summed E-state index contributed by atoms with van der Waals surface area (Å²) in [6, 6.07) is 3.89. The summed E-state index contributed by atoms with van der Waals surface area (Å²) in [5.74, 6) is 1.49. The van der Waals surface area contributed by atoms with Crippen LogP contribution in [0.1, 0.15) is 18.9 Å². The Morgan fingerprint density at radius 1 is 1.19 bits per heavy atom. The predicted octanol–water partition coefficient (Wildman–Crippen LogP) is 1.60. The third kappa shape index (κ3) is 3.94. The number of hydrogen-bond acceptors (Lipinski definition) is 9. The number of hydrogen-bond donors (Lipinski definition) is 3. The van der Waals surface area contributed by atoms with E-state index in [4.69, 9.17) is 4.74 Å². The number of anilines is 2. The molecule has 0 aromatic carbocycles. The second kappa shape index (κ2) is 8.89. The van der Waals surface area contributed by atoms with E-state index < -0.39 is 12.2 Å². The van der Waals surface area contributed by atoms with Crippen molar-refractivity contribution in [2.75, 3.05) is 37.0 Å². The number of methoxy groups -OCH3 is 1. The summed E-state index contributed by atoms with van der Waals surface area (Å²) in [7, 11) is 1.60. The second-order valence-corrected chi connectivity index (χ2v) is 9.37. The van der Waals surface area contributed by atoms with Crippen molar-refractivity contribution in [2.45, 2.75) is 37.1 Å². The Morgan fingerprint density at radius 3 is 2.84 bits per heavy atom. The number of nitrogens with one attached hydrogen (secondary N) is 1. The van der Waals surface area contributed by atoms with Crippen molar-refractivity contribution >= 4 is 38.7 Å². The number of fused-ring (bicyclic) bond motifs is 1. The quantitative estimate of drug-likeness (QED) is 0.460. The van der Waals surface area contributed by atoms with Crippen molar-refractivity contribution in [1.82, 2.24) is 24.5 Å². The lowest BCUT2D eigenvalue weighted by Gasteiger charge is -2.19. The molecular formula is C21H26BrN7O3. The van der Waals surface area contributed by atoms with E-state index in [1.807, 2.05) is 22.9 Å². The van der Waals surface area contributed by atoms with E-state index in [1.54, 1.807) is 13.4 Å². The van der Waals surface area contributed by atoms with Crippen LogP contribution in [0.4, 0.5) is 11.6 Å². The van der Waals surface area contributed by atoms with Gasteiger partial charge in [-0.3, -0.25) is 0 Å². The van der Waals surface area contributed by atoms with Gasteiger partial charge in [0.1, 0.15) is 23.8 Å². The van der Waals surface area contributed by atoms with Gasteiger partial charge in [-0.25, -0.2) is 19.9 Å². The monoisotopic (exact) mass is 503 g/mol. The fraction of sp³-hybridized carbons (Fsp3) is 0.524. The van der Waals surface area contributed by atoms with Gasteiger partial charge in [0.05, 0.1) is 25.1 Å². The molecule has 32 heavy (non-hydrogen) atoms. The maximum Gasteiger partial charge on any atom is 0.165 e. The van der Waals surface area contributed by atoms with E-state index in [2.05, 4.69) is 46.1 Å². The highest BCUT2D eigenvalue weighted by molar-refractivity contribution is 9.10. The molecule has 2 fully saturated rings. The standard InChI is InChI=1S/C21H26BrN7O3/c1-32-9-12-6-15(19(31)18(12)30)29-11-26-17-20(24-10-25-21(17)29)27-14-4-5-28(8-14)16-3-2-13(22)7-23-16/h2-3,7,10-12,14-15,18-19,30-31H,4-6,8-9H2,1H3,(H,24,25,27)/t12-,14+,15-,18+,19-/m1/s1. The van der Waals surface area contributed by atoms with Crippen LogP contribution in [0.2, 0.25) is 0 Å². The molecule has 4 heterocycles. The van der Waals surface area contributed by atoms with Crippen LogP contribution in [0.25, 0.3) is 11.2 Å². The molecule has 5 rings (SSSR count). The van der Waals surface area contributed by atoms with Gasteiger partial charge in [-0.05, 0) is 40.9 Å². The summed E-state index contributed by atoms with van der Waals surface area (Å²) >= 11 is 3.43. The Labute approximate surface area is 193 Å². The van der Waals surface area contributed by atoms with Gasteiger partial charge in [-0.2, -0.15) is 0 Å². The summed E-state index contributed by atoms with van der Waals surface area (Å²) in [6.45, 7) is 2.11. The minimum atomic E-state index is -0.902. The van der Waals surface area contributed by atoms with E-state index in [1.165, 1.54) is 6.33 Å². The predicted molar refractivity (Wildman–Crippen MR) is 123 cm³/mol. The van der Waals surface area contributed by atoms with Crippen LogP contribution >= 0.6 is 15.9 Å². The number of pyridine rings is 1. The van der Waals surface area contributed by atoms with E-state index >= 15 is 0 Å². The fourth-order valence-corrected chi connectivity index (χ4v) is 5.02. The van der Waals surface area contributed by atoms with E-state index in [0.717, 1.165) is 29.8 Å². The van der Waals surface area contributed by atoms with Crippen molar-refractivity contribution in [3.8, 4) is 0 Å². The van der Waals surface area contributed by atoms with E-state index in [0.29, 0.717) is 30.0 Å². The van der Waals surface area contributed by atoms with Gasteiger partial charge in [0.2, 0.25) is 0 Å². The lowest BCUT2D eigenvalue weighted by atomic mass is 10.1. The molecular weight excluding hydrogens is 478 g/mol. The number of aliphatic hydroxyl groups excluding tert-OH is 2. The van der Waals surface area contributed by atoms with Crippen LogP contribution in [0.3, 0.4) is 0 Å². The third-order valence-electron chi connectivity index (χ3n) is 6.43. The molecule has 3 N–H and O–H groups in total. The summed E-state index contributed by atoms with van der Waals surface area (Å²) in [6.07, 6.45) is 4.79. The largest absolute Gasteiger partial charge is 0.390 e. The topological polar surface area (TPSA) is 121 Å². The van der Waals surface area contributed by atoms with Crippen LogP contribution in [0, 0.1) is 5.92 Å². The van der Waals surface area contributed by atoms with Crippen LogP contribution < -0.4 is 10.2 Å². The first-order valence-electron chi connectivity index (χ1n) is 10.7. The van der Waals surface area contributed by atoms with Gasteiger partial charge in [0.25, 0.3) is 0 Å². The highest BCUT2D eigenvalue weighted by Crippen LogP contribution is 2.37. The van der Waals surface area contributed by atoms with Crippen molar-refractivity contribution in [1.29, 1.82) is 0 Å². The summed E-state index contributed by atoms with van der Waals surface area (Å²) in [4.78, 5) is 20.1. The zero-order valence-corrected chi connectivity index (χ0v) is 19.3. The summed E-state index contributed by atoms with van der Waals surface area (Å²) in [5.41, 5.74) is 1.30. The second-order valence-electron chi connectivity index (χ2n) is 8.46. The van der Waals surface area contributed by atoms with Crippen molar-refractivity contribution in [2.24, 2.45) is 5.92 Å². The van der Waals surface area contributed by atoms with Gasteiger partial charge in [-0.15, -0.1) is 0 Å². The first-order chi connectivity index (χ1) is 15.5. The highest BCUT2D eigenvalue weighted by atomic mass is 79.9. The van der Waals surface area contributed by atoms with E-state index in [9.17, 15) is 10.2 Å². The lowest BCUT2D eigenvalue weighted by Crippen LogP contribution is -2.30. The smallest absolute Gasteiger partial charge is 0.165 e. The average molecular weight is 504 g/mol. The molecule has 1 saturated heterocycles. The molecule has 10 nitrogen and oxygen atoms in total. The summed E-state index contributed by atoms with van der Waals surface area (Å²) < 4.78 is 8.00. The molecule has 5 atom stereocenters. The molecule has 0 amide bonds. The Kier molecular flexibility index (Phi) is 5.97. The van der Waals surface area contributed by atoms with Crippen LogP contribution in [0.15, 0.2) is 35.5 Å². The molecule has 1 aliphatic carbocycles. The number of aromatic nitrogens is 5. The molecule has 1 saturated carbocycles. The molecule has 0 radical (unpaired) electrons. The van der Waals surface area contributed by atoms with Crippen LogP contribution in [-0.4, -0.2) is 79.8 Å². The molecule has 2 aliphatic rings. The first kappa shape index (κ1) is 21.5. The maximum absolute atomic E-state index is 10.6. The van der Waals surface area contributed by atoms with Gasteiger partial charge in [-0.1, -0.05) is 0 Å². The van der Waals surface area contributed by atoms with Crippen molar-refractivity contribution in [3.05, 3.63) is 35.5 Å². The molecule has 0 spiro atoms. The number of nitrogens with zero attached hydrogens (tertiary/aromatic N) is 6. The molecule has 3 aromatic rings. The van der Waals surface area contributed by atoms with Gasteiger partial charge < -0.3 is 29.7 Å². The number of halogens is 1. The van der Waals surface area contributed by atoms with Gasteiger partial charge in [0.15, 0.2) is 11.5 Å². The number of aliphatic hydroxyl groups is 2. The zero-order chi connectivity index (χ0) is 22.2. The van der Waals surface area contributed by atoms with Crippen LogP contribution in [-0.2, 0) is 4.74 Å². The third-order valence-corrected chi connectivity index (χ3v) is 6.90. The average Bonchev–Trinajstić information content (AvgIpc) is 3.50. The minimum Gasteiger partial charge on any atom is -0.390 e. The minimum absolute atomic E-state index is 0.131. The molecule has 3 aromatic heterocycles. The van der Waals surface area contributed by atoms with Crippen LogP contribution in [0.5, 0.6) is 0 Å². The molecule has 170 valence electrons. The molecule has 1 aliphatic heterocycles. The summed E-state index contributed by atoms with van der Waals surface area (Å²) in [5, 5.41) is 24.5. The Bertz CT molecular complexity index is 1080.